The number of carbonyl (C=O) groups excluding carboxylic acids is 2. The predicted molar refractivity (Wildman–Crippen MR) is 131 cm³/mol. The molecule has 0 aliphatic carbocycles. The van der Waals surface area contributed by atoms with Gasteiger partial charge in [-0.05, 0) is 32.4 Å². The van der Waals surface area contributed by atoms with Gasteiger partial charge in [-0.3, -0.25) is 14.7 Å². The lowest BCUT2D eigenvalue weighted by Gasteiger charge is -2.18. The Hall–Kier alpha value is -4.24. The molecule has 37 heavy (non-hydrogen) atoms. The van der Waals surface area contributed by atoms with E-state index in [-0.39, 0.29) is 29.5 Å². The largest absolute Gasteiger partial charge is 0.464 e. The van der Waals surface area contributed by atoms with E-state index in [1.807, 2.05) is 0 Å². The van der Waals surface area contributed by atoms with Crippen molar-refractivity contribution in [1.29, 1.82) is 0 Å². The number of nitrogens with one attached hydrogen (secondary N) is 5. The Kier molecular flexibility index (Phi) is 7.83. The summed E-state index contributed by atoms with van der Waals surface area (Å²) >= 11 is 0. The molecule has 0 aliphatic heterocycles. The van der Waals surface area contributed by atoms with Crippen LogP contribution in [0.1, 0.15) is 28.2 Å². The lowest BCUT2D eigenvalue weighted by Crippen LogP contribution is -2.49. The van der Waals surface area contributed by atoms with Crippen LogP contribution in [0.15, 0.2) is 46.2 Å². The maximum Gasteiger partial charge on any atom is 0.326 e. The molecule has 1 atom stereocenters. The van der Waals surface area contributed by atoms with Crippen LogP contribution in [0.25, 0.3) is 10.9 Å². The number of hydrogen-bond donors (Lipinski definition) is 5. The van der Waals surface area contributed by atoms with E-state index < -0.39 is 27.9 Å². The third-order valence-electron chi connectivity index (χ3n) is 5.35. The van der Waals surface area contributed by atoms with Crippen molar-refractivity contribution in [1.82, 2.24) is 35.4 Å². The summed E-state index contributed by atoms with van der Waals surface area (Å²) in [5.41, 5.74) is 1.10. The Labute approximate surface area is 211 Å². The number of imidazole rings is 1. The number of benzene rings is 1. The minimum absolute atomic E-state index is 0.0144. The van der Waals surface area contributed by atoms with Crippen LogP contribution in [-0.2, 0) is 19.6 Å². The van der Waals surface area contributed by atoms with Crippen LogP contribution in [0, 0.1) is 13.8 Å². The van der Waals surface area contributed by atoms with E-state index in [4.69, 9.17) is 9.26 Å². The van der Waals surface area contributed by atoms with E-state index in [2.05, 4.69) is 40.7 Å². The molecule has 0 fully saturated rings. The van der Waals surface area contributed by atoms with Crippen molar-refractivity contribution in [3.8, 4) is 0 Å². The summed E-state index contributed by atoms with van der Waals surface area (Å²) in [5, 5.41) is 16.8. The second kappa shape index (κ2) is 11.2. The first-order valence-electron chi connectivity index (χ1n) is 11.3. The van der Waals surface area contributed by atoms with Crippen LogP contribution in [0.4, 0.5) is 5.95 Å². The maximum atomic E-state index is 13.0. The Morgan fingerprint density at radius 1 is 1.24 bits per heavy atom. The second-order valence-electron chi connectivity index (χ2n) is 8.09. The van der Waals surface area contributed by atoms with Gasteiger partial charge >= 0.3 is 5.97 Å². The molecule has 0 radical (unpaired) electrons. The number of aromatic amines is 2. The van der Waals surface area contributed by atoms with Crippen molar-refractivity contribution in [2.24, 2.45) is 0 Å². The van der Waals surface area contributed by atoms with Gasteiger partial charge in [-0.1, -0.05) is 11.2 Å². The highest BCUT2D eigenvalue weighted by molar-refractivity contribution is 7.89. The average Bonchev–Trinajstić information content (AvgIpc) is 3.62. The standard InChI is InChI=1S/C22H26N8O6S/c1-13-19(14(2)36-29-13)37(33,34)30-18(21(32)35-9-3-6-23-22-24-7-8-25-22)12-26-20(31)15-4-5-16-11-27-28-17(16)10-15/h4-5,7-8,10-11,18,30H,3,6,9,12H2,1-2H3,(H,26,31)(H,27,28)(H2,23,24,25). The van der Waals surface area contributed by atoms with Gasteiger partial charge in [-0.15, -0.1) is 0 Å². The summed E-state index contributed by atoms with van der Waals surface area (Å²) in [5.74, 6) is -0.711. The van der Waals surface area contributed by atoms with Gasteiger partial charge in [0.05, 0.1) is 18.3 Å². The number of amides is 1. The highest BCUT2D eigenvalue weighted by atomic mass is 32.2. The third kappa shape index (κ3) is 6.31. The monoisotopic (exact) mass is 530 g/mol. The molecule has 196 valence electrons. The summed E-state index contributed by atoms with van der Waals surface area (Å²) in [6.07, 6.45) is 5.32. The lowest BCUT2D eigenvalue weighted by atomic mass is 10.1. The van der Waals surface area contributed by atoms with E-state index in [1.54, 1.807) is 36.8 Å². The number of H-pyrrole nitrogens is 2. The first-order chi connectivity index (χ1) is 17.7. The Bertz CT molecular complexity index is 1460. The number of ether oxygens (including phenoxy) is 1. The minimum Gasteiger partial charge on any atom is -0.464 e. The van der Waals surface area contributed by atoms with Crippen LogP contribution >= 0.6 is 0 Å². The lowest BCUT2D eigenvalue weighted by molar-refractivity contribution is -0.145. The van der Waals surface area contributed by atoms with Crippen molar-refractivity contribution in [2.75, 3.05) is 25.0 Å². The molecule has 0 saturated heterocycles. The van der Waals surface area contributed by atoms with E-state index in [0.29, 0.717) is 30.0 Å². The van der Waals surface area contributed by atoms with Crippen LogP contribution in [0.5, 0.6) is 0 Å². The third-order valence-corrected chi connectivity index (χ3v) is 7.06. The van der Waals surface area contributed by atoms with E-state index in [1.165, 1.54) is 13.8 Å². The molecule has 1 amide bonds. The van der Waals surface area contributed by atoms with Crippen molar-refractivity contribution in [3.05, 3.63) is 53.8 Å². The normalized spacial score (nSPS) is 12.4. The van der Waals surface area contributed by atoms with E-state index in [9.17, 15) is 18.0 Å². The molecular weight excluding hydrogens is 504 g/mol. The van der Waals surface area contributed by atoms with Crippen LogP contribution in [-0.4, -0.2) is 71.4 Å². The van der Waals surface area contributed by atoms with Gasteiger partial charge in [0.2, 0.25) is 10.0 Å². The number of esters is 1. The molecule has 4 aromatic rings. The molecule has 15 heteroatoms. The van der Waals surface area contributed by atoms with Crippen LogP contribution in [0.2, 0.25) is 0 Å². The highest BCUT2D eigenvalue weighted by Gasteiger charge is 2.31. The molecule has 0 bridgehead atoms. The Morgan fingerprint density at radius 3 is 2.81 bits per heavy atom. The first kappa shape index (κ1) is 25.8. The van der Waals surface area contributed by atoms with E-state index >= 15 is 0 Å². The smallest absolute Gasteiger partial charge is 0.326 e. The van der Waals surface area contributed by atoms with Gasteiger partial charge in [0, 0.05) is 36.4 Å². The summed E-state index contributed by atoms with van der Waals surface area (Å²) in [6.45, 7) is 3.04. The molecule has 4 rings (SSSR count). The quantitative estimate of drug-likeness (QED) is 0.130. The number of fused-ring (bicyclic) bond motifs is 1. The van der Waals surface area contributed by atoms with Crippen molar-refractivity contribution >= 4 is 38.8 Å². The maximum absolute atomic E-state index is 13.0. The molecule has 1 aromatic carbocycles. The molecule has 1 unspecified atom stereocenters. The van der Waals surface area contributed by atoms with Crippen LogP contribution in [0.3, 0.4) is 0 Å². The summed E-state index contributed by atoms with van der Waals surface area (Å²) in [7, 11) is -4.22. The number of hydrogen-bond acceptors (Lipinski definition) is 10. The molecule has 5 N–H and O–H groups in total. The van der Waals surface area contributed by atoms with Gasteiger partial charge in [-0.2, -0.15) is 9.82 Å². The zero-order chi connectivity index (χ0) is 26.4. The fourth-order valence-electron chi connectivity index (χ4n) is 3.57. The minimum atomic E-state index is -4.22. The summed E-state index contributed by atoms with van der Waals surface area (Å²) in [6, 6.07) is 3.51. The van der Waals surface area contributed by atoms with Crippen molar-refractivity contribution in [2.45, 2.75) is 31.2 Å². The molecule has 0 spiro atoms. The van der Waals surface area contributed by atoms with Gasteiger partial charge in [0.25, 0.3) is 5.91 Å². The molecular formula is C22H26N8O6S. The van der Waals surface area contributed by atoms with Gasteiger partial charge in [0.15, 0.2) is 11.7 Å². The predicted octanol–water partition coefficient (Wildman–Crippen LogP) is 1.01. The molecule has 3 aromatic heterocycles. The Balaban J connectivity index is 1.41. The average molecular weight is 531 g/mol. The fraction of sp³-hybridized carbons (Fsp3) is 0.318. The molecule has 14 nitrogen and oxygen atoms in total. The molecule has 3 heterocycles. The first-order valence-corrected chi connectivity index (χ1v) is 12.8. The molecule has 0 aliphatic rings. The zero-order valence-corrected chi connectivity index (χ0v) is 20.9. The van der Waals surface area contributed by atoms with Crippen molar-refractivity contribution in [3.63, 3.8) is 0 Å². The topological polar surface area (TPSA) is 197 Å². The Morgan fingerprint density at radius 2 is 2.08 bits per heavy atom. The molecule has 0 saturated carbocycles. The van der Waals surface area contributed by atoms with Crippen LogP contribution < -0.4 is 15.4 Å². The fourth-order valence-corrected chi connectivity index (χ4v) is 5.08. The number of carbonyl (C=O) groups is 2. The zero-order valence-electron chi connectivity index (χ0n) is 20.1. The summed E-state index contributed by atoms with van der Waals surface area (Å²) in [4.78, 5) is 32.3. The number of aromatic nitrogens is 5. The number of nitrogens with zero attached hydrogens (tertiary/aromatic N) is 3. The van der Waals surface area contributed by atoms with Gasteiger partial charge < -0.3 is 24.9 Å². The van der Waals surface area contributed by atoms with Gasteiger partial charge in [-0.25, -0.2) is 13.4 Å². The summed E-state index contributed by atoms with van der Waals surface area (Å²) < 4.78 is 38.6. The van der Waals surface area contributed by atoms with E-state index in [0.717, 1.165) is 5.39 Å². The second-order valence-corrected chi connectivity index (χ2v) is 9.75. The van der Waals surface area contributed by atoms with Gasteiger partial charge in [0.1, 0.15) is 16.6 Å². The number of aryl methyl sites for hydroxylation is 2. The number of rotatable bonds is 12. The highest BCUT2D eigenvalue weighted by Crippen LogP contribution is 2.19. The number of sulfonamides is 1. The van der Waals surface area contributed by atoms with Crippen molar-refractivity contribution < 1.29 is 27.3 Å². The SMILES string of the molecule is Cc1noc(C)c1S(=O)(=O)NC(CNC(=O)c1ccc2cn[nH]c2c1)C(=O)OCCCNc1ncc[nH]1. The number of anilines is 1.